The molecule has 19 heavy (non-hydrogen) atoms. The number of aliphatic hydroxyl groups excluding tert-OH is 1. The van der Waals surface area contributed by atoms with E-state index in [1.54, 1.807) is 31.2 Å². The molecule has 0 bridgehead atoms. The number of benzene rings is 1. The number of hydrogen-bond donors (Lipinski definition) is 3. The van der Waals surface area contributed by atoms with Gasteiger partial charge >= 0.3 is 0 Å². The van der Waals surface area contributed by atoms with Crippen molar-refractivity contribution in [2.75, 3.05) is 13.2 Å². The van der Waals surface area contributed by atoms with Crippen LogP contribution in [0, 0.1) is 0 Å². The van der Waals surface area contributed by atoms with Crippen molar-refractivity contribution in [2.24, 2.45) is 0 Å². The standard InChI is InChI=1S/C14H20N2O3/c1-11(13(18)15-9-5-6-10-17)16-14(19)12-7-3-2-4-8-12/h2-4,7-8,11,17H,5-6,9-10H2,1H3,(H,15,18)(H,16,19). The first-order chi connectivity index (χ1) is 9.15. The molecule has 0 heterocycles. The number of nitrogens with one attached hydrogen (secondary N) is 2. The first-order valence-corrected chi connectivity index (χ1v) is 6.39. The van der Waals surface area contributed by atoms with E-state index >= 15 is 0 Å². The number of amides is 2. The molecule has 1 rings (SSSR count). The van der Waals surface area contributed by atoms with Crippen molar-refractivity contribution in [3.63, 3.8) is 0 Å². The van der Waals surface area contributed by atoms with E-state index in [0.29, 0.717) is 18.5 Å². The van der Waals surface area contributed by atoms with Gasteiger partial charge in [-0.05, 0) is 31.9 Å². The van der Waals surface area contributed by atoms with Crippen LogP contribution in [0.2, 0.25) is 0 Å². The first-order valence-electron chi connectivity index (χ1n) is 6.39. The van der Waals surface area contributed by atoms with Crippen LogP contribution in [0.15, 0.2) is 30.3 Å². The maximum atomic E-state index is 11.8. The Morgan fingerprint density at radius 1 is 1.21 bits per heavy atom. The van der Waals surface area contributed by atoms with Crippen molar-refractivity contribution in [3.8, 4) is 0 Å². The predicted octanol–water partition coefficient (Wildman–Crippen LogP) is 0.694. The number of carbonyl (C=O) groups excluding carboxylic acids is 2. The van der Waals surface area contributed by atoms with E-state index in [1.807, 2.05) is 6.07 Å². The van der Waals surface area contributed by atoms with E-state index in [2.05, 4.69) is 10.6 Å². The monoisotopic (exact) mass is 264 g/mol. The Morgan fingerprint density at radius 3 is 2.53 bits per heavy atom. The molecule has 1 aromatic carbocycles. The molecule has 1 unspecified atom stereocenters. The summed E-state index contributed by atoms with van der Waals surface area (Å²) in [4.78, 5) is 23.5. The summed E-state index contributed by atoms with van der Waals surface area (Å²) in [6.45, 7) is 2.27. The summed E-state index contributed by atoms with van der Waals surface area (Å²) in [6.07, 6.45) is 1.38. The Bertz CT molecular complexity index is 406. The molecule has 3 N–H and O–H groups in total. The molecule has 0 spiro atoms. The third-order valence-corrected chi connectivity index (χ3v) is 2.66. The van der Waals surface area contributed by atoms with Gasteiger partial charge in [-0.2, -0.15) is 0 Å². The molecule has 1 aromatic rings. The van der Waals surface area contributed by atoms with Gasteiger partial charge in [-0.15, -0.1) is 0 Å². The van der Waals surface area contributed by atoms with Crippen LogP contribution in [-0.2, 0) is 4.79 Å². The Kier molecular flexibility index (Phi) is 6.60. The molecule has 5 nitrogen and oxygen atoms in total. The van der Waals surface area contributed by atoms with E-state index < -0.39 is 6.04 Å². The highest BCUT2D eigenvalue weighted by Gasteiger charge is 2.15. The van der Waals surface area contributed by atoms with E-state index in [4.69, 9.17) is 5.11 Å². The summed E-state index contributed by atoms with van der Waals surface area (Å²) in [5, 5.41) is 14.0. The van der Waals surface area contributed by atoms with Gasteiger partial charge in [0.05, 0.1) is 0 Å². The molecule has 0 saturated heterocycles. The van der Waals surface area contributed by atoms with E-state index in [9.17, 15) is 9.59 Å². The summed E-state index contributed by atoms with van der Waals surface area (Å²) in [6, 6.07) is 8.18. The number of carbonyl (C=O) groups is 2. The van der Waals surface area contributed by atoms with Gasteiger partial charge in [0.2, 0.25) is 5.91 Å². The average molecular weight is 264 g/mol. The van der Waals surface area contributed by atoms with Crippen molar-refractivity contribution < 1.29 is 14.7 Å². The smallest absolute Gasteiger partial charge is 0.251 e. The van der Waals surface area contributed by atoms with Crippen molar-refractivity contribution in [1.29, 1.82) is 0 Å². The van der Waals surface area contributed by atoms with Crippen LogP contribution in [-0.4, -0.2) is 36.1 Å². The molecule has 5 heteroatoms. The molecule has 0 fully saturated rings. The SMILES string of the molecule is CC(NC(=O)c1ccccc1)C(=O)NCCCCO. The third-order valence-electron chi connectivity index (χ3n) is 2.66. The fourth-order valence-corrected chi connectivity index (χ4v) is 1.54. The lowest BCUT2D eigenvalue weighted by molar-refractivity contribution is -0.122. The highest BCUT2D eigenvalue weighted by Crippen LogP contribution is 1.98. The average Bonchev–Trinajstić information content (AvgIpc) is 2.44. The fraction of sp³-hybridized carbons (Fsp3) is 0.429. The van der Waals surface area contributed by atoms with Crippen molar-refractivity contribution >= 4 is 11.8 Å². The normalized spacial score (nSPS) is 11.7. The maximum absolute atomic E-state index is 11.8. The highest BCUT2D eigenvalue weighted by molar-refractivity contribution is 5.97. The molecule has 104 valence electrons. The summed E-state index contributed by atoms with van der Waals surface area (Å²) >= 11 is 0. The van der Waals surface area contributed by atoms with Gasteiger partial charge in [0.1, 0.15) is 6.04 Å². The van der Waals surface area contributed by atoms with Crippen LogP contribution in [0.5, 0.6) is 0 Å². The lowest BCUT2D eigenvalue weighted by Crippen LogP contribution is -2.45. The summed E-state index contributed by atoms with van der Waals surface area (Å²) < 4.78 is 0. The lowest BCUT2D eigenvalue weighted by atomic mass is 10.2. The minimum atomic E-state index is -0.582. The van der Waals surface area contributed by atoms with Crippen molar-refractivity contribution in [1.82, 2.24) is 10.6 Å². The summed E-state index contributed by atoms with van der Waals surface area (Å²) in [7, 11) is 0. The third kappa shape index (κ3) is 5.52. The molecule has 0 aromatic heterocycles. The largest absolute Gasteiger partial charge is 0.396 e. The predicted molar refractivity (Wildman–Crippen MR) is 72.7 cm³/mol. The van der Waals surface area contributed by atoms with Crippen LogP contribution < -0.4 is 10.6 Å². The van der Waals surface area contributed by atoms with Gasteiger partial charge < -0.3 is 15.7 Å². The van der Waals surface area contributed by atoms with Crippen LogP contribution >= 0.6 is 0 Å². The highest BCUT2D eigenvalue weighted by atomic mass is 16.3. The first kappa shape index (κ1) is 15.2. The van der Waals surface area contributed by atoms with E-state index in [1.165, 1.54) is 0 Å². The summed E-state index contributed by atoms with van der Waals surface area (Å²) in [5.74, 6) is -0.485. The minimum absolute atomic E-state index is 0.121. The molecule has 0 aliphatic rings. The van der Waals surface area contributed by atoms with Crippen LogP contribution in [0.25, 0.3) is 0 Å². The second-order valence-corrected chi connectivity index (χ2v) is 4.28. The zero-order valence-electron chi connectivity index (χ0n) is 11.1. The Morgan fingerprint density at radius 2 is 1.89 bits per heavy atom. The van der Waals surface area contributed by atoms with Crippen LogP contribution in [0.3, 0.4) is 0 Å². The lowest BCUT2D eigenvalue weighted by Gasteiger charge is -2.14. The molecule has 0 aliphatic carbocycles. The van der Waals surface area contributed by atoms with Crippen molar-refractivity contribution in [3.05, 3.63) is 35.9 Å². The molecular weight excluding hydrogens is 244 g/mol. The van der Waals surface area contributed by atoms with Gasteiger partial charge in [-0.1, -0.05) is 18.2 Å². The zero-order valence-corrected chi connectivity index (χ0v) is 11.1. The topological polar surface area (TPSA) is 78.4 Å². The Balaban J connectivity index is 2.35. The number of aliphatic hydroxyl groups is 1. The quantitative estimate of drug-likeness (QED) is 0.634. The zero-order chi connectivity index (χ0) is 14.1. The molecular formula is C14H20N2O3. The molecule has 0 radical (unpaired) electrons. The van der Waals surface area contributed by atoms with E-state index in [0.717, 1.165) is 6.42 Å². The minimum Gasteiger partial charge on any atom is -0.396 e. The second kappa shape index (κ2) is 8.26. The van der Waals surface area contributed by atoms with Crippen LogP contribution in [0.4, 0.5) is 0 Å². The van der Waals surface area contributed by atoms with Gasteiger partial charge in [0, 0.05) is 18.7 Å². The summed E-state index contributed by atoms with van der Waals surface area (Å²) in [5.41, 5.74) is 0.530. The molecule has 0 aliphatic heterocycles. The Hall–Kier alpha value is -1.88. The maximum Gasteiger partial charge on any atom is 0.251 e. The fourth-order valence-electron chi connectivity index (χ4n) is 1.54. The van der Waals surface area contributed by atoms with E-state index in [-0.39, 0.29) is 18.4 Å². The van der Waals surface area contributed by atoms with Gasteiger partial charge in [0.25, 0.3) is 5.91 Å². The number of hydrogen-bond acceptors (Lipinski definition) is 3. The molecule has 0 saturated carbocycles. The molecule has 2 amide bonds. The Labute approximate surface area is 113 Å². The van der Waals surface area contributed by atoms with Gasteiger partial charge in [0.15, 0.2) is 0 Å². The van der Waals surface area contributed by atoms with Gasteiger partial charge in [-0.25, -0.2) is 0 Å². The van der Waals surface area contributed by atoms with Gasteiger partial charge in [-0.3, -0.25) is 9.59 Å². The number of unbranched alkanes of at least 4 members (excludes halogenated alkanes) is 1. The molecule has 1 atom stereocenters. The van der Waals surface area contributed by atoms with Crippen molar-refractivity contribution in [2.45, 2.75) is 25.8 Å². The second-order valence-electron chi connectivity index (χ2n) is 4.28. The van der Waals surface area contributed by atoms with Crippen LogP contribution in [0.1, 0.15) is 30.1 Å². The number of rotatable bonds is 7.